The molecule has 2 aliphatic carbocycles. The zero-order valence-electron chi connectivity index (χ0n) is 15.7. The Balaban J connectivity index is 1.46. The average Bonchev–Trinajstić information content (AvgIpc) is 2.62. The van der Waals surface area contributed by atoms with Crippen molar-refractivity contribution in [3.8, 4) is 5.75 Å². The SMILES string of the molecule is FC(F)(F)Oc1ccc(C2CCC(C3CCC(CC[SiH3])CC3)CC2)cc1. The quantitative estimate of drug-likeness (QED) is 0.580. The van der Waals surface area contributed by atoms with E-state index >= 15 is 0 Å². The van der Waals surface area contributed by atoms with Gasteiger partial charge in [-0.15, -0.1) is 13.2 Å². The van der Waals surface area contributed by atoms with Gasteiger partial charge in [-0.05, 0) is 79.9 Å². The van der Waals surface area contributed by atoms with E-state index in [0.717, 1.165) is 23.3 Å². The fourth-order valence-corrected chi connectivity index (χ4v) is 6.04. The first kappa shape index (κ1) is 19.8. The molecule has 2 aliphatic rings. The van der Waals surface area contributed by atoms with Crippen molar-refractivity contribution < 1.29 is 17.9 Å². The zero-order valence-corrected chi connectivity index (χ0v) is 17.7. The van der Waals surface area contributed by atoms with Crippen molar-refractivity contribution in [3.05, 3.63) is 29.8 Å². The van der Waals surface area contributed by atoms with Crippen LogP contribution in [0.2, 0.25) is 6.04 Å². The highest BCUT2D eigenvalue weighted by molar-refractivity contribution is 6.08. The molecule has 0 radical (unpaired) electrons. The molecule has 5 heteroatoms. The van der Waals surface area contributed by atoms with E-state index in [1.54, 1.807) is 0 Å². The molecule has 0 atom stereocenters. The minimum absolute atomic E-state index is 0.124. The maximum Gasteiger partial charge on any atom is 0.573 e. The summed E-state index contributed by atoms with van der Waals surface area (Å²) < 4.78 is 40.8. The molecular formula is C21H31F3OSi. The van der Waals surface area contributed by atoms with Crippen LogP contribution >= 0.6 is 0 Å². The number of hydrogen-bond donors (Lipinski definition) is 0. The van der Waals surface area contributed by atoms with Crippen molar-refractivity contribution in [2.45, 2.75) is 76.1 Å². The molecule has 146 valence electrons. The molecule has 0 N–H and O–H groups in total. The molecule has 0 saturated heterocycles. The van der Waals surface area contributed by atoms with E-state index in [4.69, 9.17) is 0 Å². The van der Waals surface area contributed by atoms with Crippen LogP contribution in [0, 0.1) is 17.8 Å². The van der Waals surface area contributed by atoms with Crippen LogP contribution in [-0.4, -0.2) is 16.6 Å². The van der Waals surface area contributed by atoms with E-state index in [9.17, 15) is 13.2 Å². The van der Waals surface area contributed by atoms with Gasteiger partial charge in [-0.1, -0.05) is 37.4 Å². The van der Waals surface area contributed by atoms with Gasteiger partial charge in [-0.2, -0.15) is 0 Å². The van der Waals surface area contributed by atoms with Gasteiger partial charge >= 0.3 is 6.36 Å². The van der Waals surface area contributed by atoms with Crippen LogP contribution in [-0.2, 0) is 0 Å². The van der Waals surface area contributed by atoms with Gasteiger partial charge in [0.25, 0.3) is 0 Å². The number of halogens is 3. The highest BCUT2D eigenvalue weighted by atomic mass is 28.1. The van der Waals surface area contributed by atoms with Crippen LogP contribution in [0.5, 0.6) is 5.75 Å². The van der Waals surface area contributed by atoms with Crippen molar-refractivity contribution in [1.29, 1.82) is 0 Å². The predicted molar refractivity (Wildman–Crippen MR) is 103 cm³/mol. The smallest absolute Gasteiger partial charge is 0.406 e. The number of ether oxygens (including phenoxy) is 1. The van der Waals surface area contributed by atoms with Gasteiger partial charge in [0.05, 0.1) is 0 Å². The summed E-state index contributed by atoms with van der Waals surface area (Å²) >= 11 is 0. The average molecular weight is 385 g/mol. The molecule has 3 rings (SSSR count). The van der Waals surface area contributed by atoms with Crippen LogP contribution < -0.4 is 4.74 Å². The fraction of sp³-hybridized carbons (Fsp3) is 0.714. The van der Waals surface area contributed by atoms with Crippen LogP contribution in [0.25, 0.3) is 0 Å². The molecule has 0 amide bonds. The molecule has 0 aromatic heterocycles. The highest BCUT2D eigenvalue weighted by Gasteiger charge is 2.32. The van der Waals surface area contributed by atoms with Gasteiger partial charge in [0.15, 0.2) is 0 Å². The van der Waals surface area contributed by atoms with Crippen molar-refractivity contribution in [1.82, 2.24) is 0 Å². The third kappa shape index (κ3) is 5.51. The van der Waals surface area contributed by atoms with Crippen molar-refractivity contribution >= 4 is 10.2 Å². The minimum Gasteiger partial charge on any atom is -0.406 e. The van der Waals surface area contributed by atoms with E-state index in [0.29, 0.717) is 5.92 Å². The molecule has 0 aliphatic heterocycles. The van der Waals surface area contributed by atoms with Gasteiger partial charge in [0.2, 0.25) is 0 Å². The molecule has 2 saturated carbocycles. The second-order valence-electron chi connectivity index (χ2n) is 8.30. The van der Waals surface area contributed by atoms with E-state index in [1.165, 1.54) is 86.2 Å². The normalized spacial score (nSPS) is 30.3. The number of hydrogen-bond acceptors (Lipinski definition) is 1. The molecule has 0 bridgehead atoms. The number of benzene rings is 1. The minimum atomic E-state index is -4.61. The molecule has 1 aromatic carbocycles. The first-order valence-corrected chi connectivity index (χ1v) is 11.7. The lowest BCUT2D eigenvalue weighted by Gasteiger charge is -2.38. The molecule has 0 unspecified atom stereocenters. The van der Waals surface area contributed by atoms with Crippen molar-refractivity contribution in [2.75, 3.05) is 0 Å². The molecule has 26 heavy (non-hydrogen) atoms. The van der Waals surface area contributed by atoms with Gasteiger partial charge in [0, 0.05) is 10.2 Å². The van der Waals surface area contributed by atoms with Gasteiger partial charge in [-0.3, -0.25) is 0 Å². The molecule has 2 fully saturated rings. The lowest BCUT2D eigenvalue weighted by Crippen LogP contribution is -2.25. The summed E-state index contributed by atoms with van der Waals surface area (Å²) in [5.74, 6) is 3.16. The summed E-state index contributed by atoms with van der Waals surface area (Å²) in [6.45, 7) is 0. The fourth-order valence-electron chi connectivity index (χ4n) is 5.22. The molecule has 1 aromatic rings. The summed E-state index contributed by atoms with van der Waals surface area (Å²) in [6.07, 6.45) is 7.46. The molecule has 0 spiro atoms. The first-order chi connectivity index (χ1) is 12.4. The highest BCUT2D eigenvalue weighted by Crippen LogP contribution is 2.44. The first-order valence-electron chi connectivity index (χ1n) is 10.3. The Morgan fingerprint density at radius 3 is 1.88 bits per heavy atom. The van der Waals surface area contributed by atoms with Crippen molar-refractivity contribution in [2.24, 2.45) is 17.8 Å². The second-order valence-corrected chi connectivity index (χ2v) is 9.30. The van der Waals surface area contributed by atoms with E-state index in [1.807, 2.05) is 12.1 Å². The molecule has 0 heterocycles. The lowest BCUT2D eigenvalue weighted by molar-refractivity contribution is -0.274. The Morgan fingerprint density at radius 1 is 0.846 bits per heavy atom. The Hall–Kier alpha value is -0.973. The lowest BCUT2D eigenvalue weighted by atomic mass is 9.68. The Kier molecular flexibility index (Phi) is 6.70. The van der Waals surface area contributed by atoms with Crippen LogP contribution in [0.3, 0.4) is 0 Å². The third-order valence-corrected chi connectivity index (χ3v) is 7.19. The number of rotatable bonds is 5. The predicted octanol–water partition coefficient (Wildman–Crippen LogP) is 5.84. The van der Waals surface area contributed by atoms with Crippen molar-refractivity contribution in [3.63, 3.8) is 0 Å². The summed E-state index contributed by atoms with van der Waals surface area (Å²) in [4.78, 5) is 0. The van der Waals surface area contributed by atoms with E-state index in [-0.39, 0.29) is 5.75 Å². The zero-order chi connectivity index (χ0) is 18.6. The Bertz CT molecular complexity index is 541. The third-order valence-electron chi connectivity index (χ3n) is 6.61. The Labute approximate surface area is 158 Å². The number of alkyl halides is 3. The second kappa shape index (κ2) is 8.81. The van der Waals surface area contributed by atoms with Crippen LogP contribution in [0.15, 0.2) is 24.3 Å². The summed E-state index contributed by atoms with van der Waals surface area (Å²) in [5, 5.41) is 0. The Morgan fingerprint density at radius 2 is 1.38 bits per heavy atom. The maximum atomic E-state index is 12.3. The molecule has 1 nitrogen and oxygen atoms in total. The van der Waals surface area contributed by atoms with Crippen LogP contribution in [0.1, 0.15) is 69.3 Å². The van der Waals surface area contributed by atoms with Gasteiger partial charge in [-0.25, -0.2) is 0 Å². The van der Waals surface area contributed by atoms with E-state index in [2.05, 4.69) is 4.74 Å². The summed E-state index contributed by atoms with van der Waals surface area (Å²) in [5.41, 5.74) is 1.16. The summed E-state index contributed by atoms with van der Waals surface area (Å²) in [6, 6.07) is 7.98. The standard InChI is InChI=1S/C21H31F3OSi/c22-21(23,24)25-20-11-9-19(10-12-20)18-7-5-17(6-8-18)16-3-1-15(2-4-16)13-14-26/h9-12,15-18H,1-8,13-14H2,26H3. The summed E-state index contributed by atoms with van der Waals surface area (Å²) in [7, 11) is 1.34. The monoisotopic (exact) mass is 384 g/mol. The van der Waals surface area contributed by atoms with Gasteiger partial charge in [0.1, 0.15) is 5.75 Å². The topological polar surface area (TPSA) is 9.23 Å². The van der Waals surface area contributed by atoms with Gasteiger partial charge < -0.3 is 4.74 Å². The van der Waals surface area contributed by atoms with E-state index < -0.39 is 6.36 Å². The molecular weight excluding hydrogens is 353 g/mol. The van der Waals surface area contributed by atoms with Crippen LogP contribution in [0.4, 0.5) is 13.2 Å². The maximum absolute atomic E-state index is 12.3. The largest absolute Gasteiger partial charge is 0.573 e.